The topological polar surface area (TPSA) is 83.9 Å². The molecule has 120 valence electrons. The van der Waals surface area contributed by atoms with E-state index in [-0.39, 0.29) is 36.3 Å². The highest BCUT2D eigenvalue weighted by molar-refractivity contribution is 6.40. The van der Waals surface area contributed by atoms with Crippen LogP contribution in [-0.4, -0.2) is 52.6 Å². The summed E-state index contributed by atoms with van der Waals surface area (Å²) in [5, 5.41) is 6.86. The molecular weight excluding hydrogens is 296 g/mol. The molecule has 0 aromatic carbocycles. The maximum atomic E-state index is 12.4. The van der Waals surface area contributed by atoms with Crippen molar-refractivity contribution in [3.63, 3.8) is 0 Å². The predicted molar refractivity (Wildman–Crippen MR) is 81.5 cm³/mol. The Bertz CT molecular complexity index is 657. The van der Waals surface area contributed by atoms with Crippen LogP contribution < -0.4 is 5.32 Å². The number of fused-ring (bicyclic) bond motifs is 1. The summed E-state index contributed by atoms with van der Waals surface area (Å²) in [6.45, 7) is 0.952. The fraction of sp³-hybridized carbons (Fsp3) is 0.500. The average molecular weight is 314 g/mol. The number of nitrogens with one attached hydrogen (secondary N) is 1. The van der Waals surface area contributed by atoms with Gasteiger partial charge in [-0.3, -0.25) is 14.6 Å². The summed E-state index contributed by atoms with van der Waals surface area (Å²) in [6, 6.07) is 5.81. The molecule has 0 unspecified atom stereocenters. The molecule has 2 atom stereocenters. The van der Waals surface area contributed by atoms with Crippen LogP contribution in [0.3, 0.4) is 0 Å². The van der Waals surface area contributed by atoms with E-state index in [0.717, 1.165) is 18.5 Å². The van der Waals surface area contributed by atoms with Crippen molar-refractivity contribution in [3.05, 3.63) is 30.1 Å². The Morgan fingerprint density at radius 3 is 2.91 bits per heavy atom. The van der Waals surface area contributed by atoms with Gasteiger partial charge in [-0.25, -0.2) is 0 Å². The zero-order valence-corrected chi connectivity index (χ0v) is 12.6. The second-order valence-corrected chi connectivity index (χ2v) is 6.27. The molecule has 23 heavy (non-hydrogen) atoms. The molecule has 7 nitrogen and oxygen atoms in total. The number of likely N-dealkylation sites (tertiary alicyclic amines) is 1. The van der Waals surface area contributed by atoms with Crippen LogP contribution in [0.25, 0.3) is 0 Å². The minimum atomic E-state index is -0.206. The van der Waals surface area contributed by atoms with E-state index in [4.69, 9.17) is 4.84 Å². The molecule has 0 radical (unpaired) electrons. The first kappa shape index (κ1) is 14.2. The van der Waals surface area contributed by atoms with Crippen LogP contribution in [0, 0.1) is 5.92 Å². The van der Waals surface area contributed by atoms with E-state index in [1.807, 2.05) is 18.2 Å². The summed E-state index contributed by atoms with van der Waals surface area (Å²) >= 11 is 0. The van der Waals surface area contributed by atoms with Crippen LogP contribution >= 0.6 is 0 Å². The molecule has 3 heterocycles. The van der Waals surface area contributed by atoms with Gasteiger partial charge >= 0.3 is 0 Å². The lowest BCUT2D eigenvalue weighted by atomic mass is 10.0. The number of amides is 2. The third kappa shape index (κ3) is 2.91. The molecule has 3 aliphatic rings. The first-order valence-corrected chi connectivity index (χ1v) is 7.93. The monoisotopic (exact) mass is 314 g/mol. The smallest absolute Gasteiger partial charge is 0.269 e. The van der Waals surface area contributed by atoms with Crippen molar-refractivity contribution in [1.29, 1.82) is 0 Å². The van der Waals surface area contributed by atoms with E-state index >= 15 is 0 Å². The van der Waals surface area contributed by atoms with E-state index in [1.165, 1.54) is 0 Å². The van der Waals surface area contributed by atoms with Gasteiger partial charge < -0.3 is 15.1 Å². The zero-order valence-electron chi connectivity index (χ0n) is 12.6. The Morgan fingerprint density at radius 1 is 1.30 bits per heavy atom. The predicted octanol–water partition coefficient (Wildman–Crippen LogP) is 0.116. The molecule has 2 fully saturated rings. The highest BCUT2D eigenvalue weighted by Gasteiger charge is 2.46. The standard InChI is InChI=1S/C16H18N4O3/c21-14(7-11-3-1-2-6-17-11)20-8-12-13(9-20)23-19-15(12)16(22)18-10-4-5-10/h1-3,6,10,12-13H,4-5,7-9H2,(H,18,22)/t12-,13+/m0/s1. The van der Waals surface area contributed by atoms with Crippen LogP contribution in [0.15, 0.2) is 29.6 Å². The van der Waals surface area contributed by atoms with E-state index in [0.29, 0.717) is 18.8 Å². The minimum Gasteiger partial charge on any atom is -0.389 e. The number of carbonyl (C=O) groups is 2. The van der Waals surface area contributed by atoms with Gasteiger partial charge in [0, 0.05) is 24.5 Å². The van der Waals surface area contributed by atoms with Gasteiger partial charge in [-0.2, -0.15) is 0 Å². The van der Waals surface area contributed by atoms with Crippen LogP contribution in [0.1, 0.15) is 18.5 Å². The Kier molecular flexibility index (Phi) is 3.48. The summed E-state index contributed by atoms with van der Waals surface area (Å²) in [6.07, 6.45) is 3.80. The van der Waals surface area contributed by atoms with Gasteiger partial charge in [0.15, 0.2) is 11.8 Å². The fourth-order valence-corrected chi connectivity index (χ4v) is 3.01. The number of rotatable bonds is 4. The molecule has 1 aliphatic carbocycles. The molecule has 2 aliphatic heterocycles. The van der Waals surface area contributed by atoms with Crippen molar-refractivity contribution in [2.75, 3.05) is 13.1 Å². The van der Waals surface area contributed by atoms with Gasteiger partial charge in [0.25, 0.3) is 5.91 Å². The zero-order chi connectivity index (χ0) is 15.8. The molecule has 4 rings (SSSR count). The van der Waals surface area contributed by atoms with E-state index in [9.17, 15) is 9.59 Å². The Hall–Kier alpha value is -2.44. The lowest BCUT2D eigenvalue weighted by Gasteiger charge is -2.16. The molecule has 0 spiro atoms. The summed E-state index contributed by atoms with van der Waals surface area (Å²) in [7, 11) is 0. The van der Waals surface area contributed by atoms with Crippen molar-refractivity contribution in [2.45, 2.75) is 31.4 Å². The van der Waals surface area contributed by atoms with Gasteiger partial charge in [-0.15, -0.1) is 0 Å². The van der Waals surface area contributed by atoms with Crippen molar-refractivity contribution >= 4 is 17.5 Å². The summed E-state index contributed by atoms with van der Waals surface area (Å²) in [4.78, 5) is 35.8. The normalized spacial score (nSPS) is 25.6. The van der Waals surface area contributed by atoms with Gasteiger partial charge in [0.1, 0.15) is 0 Å². The van der Waals surface area contributed by atoms with Crippen LogP contribution in [-0.2, 0) is 20.8 Å². The van der Waals surface area contributed by atoms with Crippen LogP contribution in [0.2, 0.25) is 0 Å². The molecule has 0 bridgehead atoms. The maximum absolute atomic E-state index is 12.4. The number of pyridine rings is 1. The number of carbonyl (C=O) groups excluding carboxylic acids is 2. The number of nitrogens with zero attached hydrogens (tertiary/aromatic N) is 3. The molecule has 7 heteroatoms. The van der Waals surface area contributed by atoms with E-state index < -0.39 is 0 Å². The highest BCUT2D eigenvalue weighted by Crippen LogP contribution is 2.28. The lowest BCUT2D eigenvalue weighted by Crippen LogP contribution is -2.38. The van der Waals surface area contributed by atoms with Gasteiger partial charge in [-0.05, 0) is 25.0 Å². The highest BCUT2D eigenvalue weighted by atomic mass is 16.6. The third-order valence-corrected chi connectivity index (χ3v) is 4.46. The molecule has 1 aromatic heterocycles. The molecule has 1 N–H and O–H groups in total. The maximum Gasteiger partial charge on any atom is 0.269 e. The second kappa shape index (κ2) is 5.64. The third-order valence-electron chi connectivity index (χ3n) is 4.46. The van der Waals surface area contributed by atoms with Crippen molar-refractivity contribution in [1.82, 2.24) is 15.2 Å². The van der Waals surface area contributed by atoms with E-state index in [1.54, 1.807) is 11.1 Å². The quantitative estimate of drug-likeness (QED) is 0.855. The number of aromatic nitrogens is 1. The van der Waals surface area contributed by atoms with Crippen molar-refractivity contribution in [2.24, 2.45) is 11.1 Å². The lowest BCUT2D eigenvalue weighted by molar-refractivity contribution is -0.130. The first-order chi connectivity index (χ1) is 11.2. The minimum absolute atomic E-state index is 0.00338. The van der Waals surface area contributed by atoms with Gasteiger partial charge in [0.05, 0.1) is 18.9 Å². The van der Waals surface area contributed by atoms with Gasteiger partial charge in [-0.1, -0.05) is 11.2 Å². The summed E-state index contributed by atoms with van der Waals surface area (Å²) in [5.41, 5.74) is 1.17. The molecule has 1 saturated heterocycles. The second-order valence-electron chi connectivity index (χ2n) is 6.27. The largest absolute Gasteiger partial charge is 0.389 e. The molecule has 1 saturated carbocycles. The number of oxime groups is 1. The molecular formula is C16H18N4O3. The Balaban J connectivity index is 1.38. The first-order valence-electron chi connectivity index (χ1n) is 7.93. The average Bonchev–Trinajstić information content (AvgIpc) is 3.11. The van der Waals surface area contributed by atoms with Crippen molar-refractivity contribution in [3.8, 4) is 0 Å². The molecule has 1 aromatic rings. The number of hydrogen-bond donors (Lipinski definition) is 1. The SMILES string of the molecule is O=C(NC1CC1)C1=NO[C@@H]2CN(C(=O)Cc3ccccn3)C[C@H]12. The van der Waals surface area contributed by atoms with Crippen LogP contribution in [0.4, 0.5) is 0 Å². The van der Waals surface area contributed by atoms with Crippen LogP contribution in [0.5, 0.6) is 0 Å². The Morgan fingerprint density at radius 2 is 2.17 bits per heavy atom. The molecule has 2 amide bonds. The fourth-order valence-electron chi connectivity index (χ4n) is 3.01. The summed E-state index contributed by atoms with van der Waals surface area (Å²) < 4.78 is 0. The van der Waals surface area contributed by atoms with Crippen molar-refractivity contribution < 1.29 is 14.4 Å². The van der Waals surface area contributed by atoms with E-state index in [2.05, 4.69) is 15.5 Å². The Labute approximate surface area is 133 Å². The summed E-state index contributed by atoms with van der Waals surface area (Å²) in [5.74, 6) is -0.274. The van der Waals surface area contributed by atoms with Gasteiger partial charge in [0.2, 0.25) is 5.91 Å². The number of hydrogen-bond acceptors (Lipinski definition) is 5.